The smallest absolute Gasteiger partial charge is 0.407 e. The van der Waals surface area contributed by atoms with Crippen LogP contribution in [0.4, 0.5) is 4.79 Å². The highest BCUT2D eigenvalue weighted by Crippen LogP contribution is 1.97. The first kappa shape index (κ1) is 26.1. The maximum atomic E-state index is 12.2. The molecule has 0 aliphatic rings. The van der Waals surface area contributed by atoms with Crippen molar-refractivity contribution in [1.29, 1.82) is 0 Å². The molecule has 0 radical (unpaired) electrons. The van der Waals surface area contributed by atoms with E-state index in [0.29, 0.717) is 32.1 Å². The topological polar surface area (TPSA) is 198 Å². The minimum absolute atomic E-state index is 0.0608. The van der Waals surface area contributed by atoms with E-state index < -0.39 is 42.6 Å². The molecule has 0 heterocycles. The van der Waals surface area contributed by atoms with Crippen molar-refractivity contribution in [2.75, 3.05) is 19.8 Å². The average molecular weight is 416 g/mol. The number of alkyl carbamates (subject to hydrolysis) is 1. The summed E-state index contributed by atoms with van der Waals surface area (Å²) >= 11 is 0. The Morgan fingerprint density at radius 1 is 1.14 bits per heavy atom. The number of aldehydes is 1. The number of amides is 3. The molecule has 0 aromatic carbocycles. The van der Waals surface area contributed by atoms with Crippen LogP contribution in [0, 0.1) is 0 Å². The monoisotopic (exact) mass is 416 g/mol. The van der Waals surface area contributed by atoms with Crippen LogP contribution in [0.15, 0.2) is 4.99 Å². The molecular formula is C17H32N6O6. The number of hydrogen-bond acceptors (Lipinski definition) is 7. The van der Waals surface area contributed by atoms with Gasteiger partial charge in [-0.05, 0) is 26.2 Å². The molecule has 0 bridgehead atoms. The summed E-state index contributed by atoms with van der Waals surface area (Å²) in [5.41, 5.74) is 10.4. The van der Waals surface area contributed by atoms with Crippen molar-refractivity contribution in [2.24, 2.45) is 16.5 Å². The highest BCUT2D eigenvalue weighted by Gasteiger charge is 2.25. The second kappa shape index (κ2) is 15.1. The van der Waals surface area contributed by atoms with E-state index in [4.69, 9.17) is 16.2 Å². The number of nitrogens with one attached hydrogen (secondary N) is 3. The number of unbranched alkanes of at least 4 members (excludes halogenated alkanes) is 1. The van der Waals surface area contributed by atoms with Gasteiger partial charge < -0.3 is 42.1 Å². The van der Waals surface area contributed by atoms with Crippen LogP contribution in [0.1, 0.15) is 39.5 Å². The minimum atomic E-state index is -1.28. The van der Waals surface area contributed by atoms with Gasteiger partial charge in [-0.15, -0.1) is 0 Å². The SMILES string of the molecule is CCCCOC(=O)NC(CO)C(=O)N[C@@H](C)C(=O)NC(C=O)CCCN=C(N)N. The maximum Gasteiger partial charge on any atom is 0.407 e. The van der Waals surface area contributed by atoms with Gasteiger partial charge in [-0.2, -0.15) is 0 Å². The first-order chi connectivity index (χ1) is 13.7. The summed E-state index contributed by atoms with van der Waals surface area (Å²) in [6.07, 6.45) is 2.03. The largest absolute Gasteiger partial charge is 0.450 e. The van der Waals surface area contributed by atoms with Gasteiger partial charge in [0.05, 0.1) is 19.3 Å². The molecule has 0 aromatic rings. The molecule has 29 heavy (non-hydrogen) atoms. The summed E-state index contributed by atoms with van der Waals surface area (Å²) in [4.78, 5) is 50.8. The summed E-state index contributed by atoms with van der Waals surface area (Å²) in [5.74, 6) is -1.42. The Balaban J connectivity index is 4.49. The lowest BCUT2D eigenvalue weighted by molar-refractivity contribution is -0.131. The van der Waals surface area contributed by atoms with E-state index in [9.17, 15) is 24.3 Å². The Morgan fingerprint density at radius 3 is 2.38 bits per heavy atom. The molecule has 0 saturated heterocycles. The number of carbonyl (C=O) groups excluding carboxylic acids is 4. The van der Waals surface area contributed by atoms with Crippen LogP contribution in [0.2, 0.25) is 0 Å². The number of ether oxygens (including phenoxy) is 1. The summed E-state index contributed by atoms with van der Waals surface area (Å²) in [6.45, 7) is 3.16. The molecule has 3 amide bonds. The highest BCUT2D eigenvalue weighted by molar-refractivity contribution is 5.91. The molecule has 0 aliphatic heterocycles. The van der Waals surface area contributed by atoms with Crippen molar-refractivity contribution >= 4 is 30.2 Å². The van der Waals surface area contributed by atoms with Crippen LogP contribution >= 0.6 is 0 Å². The van der Waals surface area contributed by atoms with E-state index in [2.05, 4.69) is 20.9 Å². The van der Waals surface area contributed by atoms with Crippen molar-refractivity contribution < 1.29 is 29.0 Å². The number of carbonyl (C=O) groups is 4. The van der Waals surface area contributed by atoms with Gasteiger partial charge in [0, 0.05) is 6.54 Å². The third-order valence-electron chi connectivity index (χ3n) is 3.73. The van der Waals surface area contributed by atoms with Crippen LogP contribution in [-0.2, 0) is 19.1 Å². The Labute approximate surface area is 169 Å². The number of guanidine groups is 1. The summed E-state index contributed by atoms with van der Waals surface area (Å²) < 4.78 is 4.86. The zero-order valence-electron chi connectivity index (χ0n) is 16.8. The first-order valence-electron chi connectivity index (χ1n) is 9.40. The molecule has 12 heteroatoms. The fourth-order valence-electron chi connectivity index (χ4n) is 2.07. The van der Waals surface area contributed by atoms with Gasteiger partial charge in [0.1, 0.15) is 18.4 Å². The lowest BCUT2D eigenvalue weighted by Gasteiger charge is -2.21. The number of nitrogens with zero attached hydrogens (tertiary/aromatic N) is 1. The molecule has 0 fully saturated rings. The third kappa shape index (κ3) is 12.2. The molecule has 12 nitrogen and oxygen atoms in total. The molecule has 3 atom stereocenters. The Kier molecular flexibility index (Phi) is 13.6. The molecule has 0 aliphatic carbocycles. The average Bonchev–Trinajstić information content (AvgIpc) is 2.67. The zero-order valence-corrected chi connectivity index (χ0v) is 16.8. The number of aliphatic imine (C=N–C) groups is 1. The van der Waals surface area contributed by atoms with E-state index in [1.54, 1.807) is 0 Å². The number of hydrogen-bond donors (Lipinski definition) is 6. The maximum absolute atomic E-state index is 12.2. The van der Waals surface area contributed by atoms with E-state index in [0.717, 1.165) is 6.42 Å². The highest BCUT2D eigenvalue weighted by atomic mass is 16.5. The van der Waals surface area contributed by atoms with Crippen LogP contribution in [0.5, 0.6) is 0 Å². The van der Waals surface area contributed by atoms with Crippen molar-refractivity contribution in [3.8, 4) is 0 Å². The van der Waals surface area contributed by atoms with E-state index in [1.165, 1.54) is 6.92 Å². The van der Waals surface area contributed by atoms with E-state index in [1.807, 2.05) is 6.92 Å². The Bertz CT molecular complexity index is 567. The van der Waals surface area contributed by atoms with Gasteiger partial charge in [-0.25, -0.2) is 4.79 Å². The lowest BCUT2D eigenvalue weighted by Crippen LogP contribution is -2.55. The number of nitrogens with two attached hydrogens (primary N) is 2. The molecule has 8 N–H and O–H groups in total. The van der Waals surface area contributed by atoms with E-state index >= 15 is 0 Å². The van der Waals surface area contributed by atoms with Crippen LogP contribution in [0.3, 0.4) is 0 Å². The van der Waals surface area contributed by atoms with Crippen LogP contribution in [-0.4, -0.2) is 73.1 Å². The summed E-state index contributed by atoms with van der Waals surface area (Å²) in [5, 5.41) is 16.4. The Hall–Kier alpha value is -2.89. The van der Waals surface area contributed by atoms with Crippen LogP contribution in [0.25, 0.3) is 0 Å². The minimum Gasteiger partial charge on any atom is -0.450 e. The number of aliphatic hydroxyl groups is 1. The van der Waals surface area contributed by atoms with Gasteiger partial charge in [0.2, 0.25) is 11.8 Å². The van der Waals surface area contributed by atoms with Gasteiger partial charge in [-0.3, -0.25) is 14.6 Å². The van der Waals surface area contributed by atoms with Gasteiger partial charge in [0.25, 0.3) is 0 Å². The molecular weight excluding hydrogens is 384 g/mol. The van der Waals surface area contributed by atoms with E-state index in [-0.39, 0.29) is 12.6 Å². The van der Waals surface area contributed by atoms with Gasteiger partial charge in [0.15, 0.2) is 5.96 Å². The predicted octanol–water partition coefficient (Wildman–Crippen LogP) is -1.88. The third-order valence-corrected chi connectivity index (χ3v) is 3.73. The molecule has 0 spiro atoms. The molecule has 0 rings (SSSR count). The number of aliphatic hydroxyl groups excluding tert-OH is 1. The molecule has 166 valence electrons. The molecule has 0 aromatic heterocycles. The molecule has 0 saturated carbocycles. The van der Waals surface area contributed by atoms with Gasteiger partial charge >= 0.3 is 6.09 Å². The quantitative estimate of drug-likeness (QED) is 0.0817. The second-order valence-corrected chi connectivity index (χ2v) is 6.30. The zero-order chi connectivity index (χ0) is 22.2. The van der Waals surface area contributed by atoms with Crippen LogP contribution < -0.4 is 27.4 Å². The summed E-state index contributed by atoms with van der Waals surface area (Å²) in [6, 6.07) is -3.05. The lowest BCUT2D eigenvalue weighted by atomic mass is 10.1. The standard InChI is InChI=1S/C17H32N6O6/c1-3-4-8-29-17(28)23-13(10-25)15(27)21-11(2)14(26)22-12(9-24)6-5-7-20-16(18)19/h9,11-13,25H,3-8,10H2,1-2H3,(H,21,27)(H,22,26)(H,23,28)(H4,18,19,20)/t11-,12?,13?/m0/s1. The Morgan fingerprint density at radius 2 is 1.83 bits per heavy atom. The number of rotatable bonds is 14. The van der Waals surface area contributed by atoms with Crippen molar-refractivity contribution in [2.45, 2.75) is 57.7 Å². The van der Waals surface area contributed by atoms with Gasteiger partial charge in [-0.1, -0.05) is 13.3 Å². The van der Waals surface area contributed by atoms with Crippen molar-refractivity contribution in [3.63, 3.8) is 0 Å². The fourth-order valence-corrected chi connectivity index (χ4v) is 2.07. The second-order valence-electron chi connectivity index (χ2n) is 6.30. The fraction of sp³-hybridized carbons (Fsp3) is 0.706. The van der Waals surface area contributed by atoms with Crippen molar-refractivity contribution in [1.82, 2.24) is 16.0 Å². The molecule has 2 unspecified atom stereocenters. The summed E-state index contributed by atoms with van der Waals surface area (Å²) in [7, 11) is 0. The first-order valence-corrected chi connectivity index (χ1v) is 9.40. The normalized spacial score (nSPS) is 13.3. The predicted molar refractivity (Wildman–Crippen MR) is 106 cm³/mol. The van der Waals surface area contributed by atoms with Crippen molar-refractivity contribution in [3.05, 3.63) is 0 Å².